The second kappa shape index (κ2) is 7.73. The summed E-state index contributed by atoms with van der Waals surface area (Å²) in [5.74, 6) is -0.748. The van der Waals surface area contributed by atoms with Gasteiger partial charge in [0.2, 0.25) is 23.1 Å². The largest absolute Gasteiger partial charge is 0.489 e. The molecule has 0 bridgehead atoms. The Morgan fingerprint density at radius 3 is 2.00 bits per heavy atom. The SMILES string of the molecule is COC1=C(OC)C(=O)C(Cc2ccc(CCC=O)cc2)=C(C)C1=O. The summed E-state index contributed by atoms with van der Waals surface area (Å²) < 4.78 is 10.1. The topological polar surface area (TPSA) is 69.7 Å². The van der Waals surface area contributed by atoms with E-state index >= 15 is 0 Å². The number of carbonyl (C=O) groups is 3. The van der Waals surface area contributed by atoms with Crippen molar-refractivity contribution >= 4 is 17.9 Å². The lowest BCUT2D eigenvalue weighted by Crippen LogP contribution is -2.26. The average Bonchev–Trinajstić information content (AvgIpc) is 2.60. The number of ether oxygens (including phenoxy) is 2. The molecule has 1 aromatic rings. The van der Waals surface area contributed by atoms with Crippen molar-refractivity contribution in [3.8, 4) is 0 Å². The summed E-state index contributed by atoms with van der Waals surface area (Å²) in [5, 5.41) is 0. The second-order valence-corrected chi connectivity index (χ2v) is 5.53. The molecule has 126 valence electrons. The predicted molar refractivity (Wildman–Crippen MR) is 88.3 cm³/mol. The fraction of sp³-hybridized carbons (Fsp3) is 0.316. The van der Waals surface area contributed by atoms with Crippen LogP contribution >= 0.6 is 0 Å². The first-order valence-electron chi connectivity index (χ1n) is 7.66. The highest BCUT2D eigenvalue weighted by molar-refractivity contribution is 6.23. The van der Waals surface area contributed by atoms with Crippen LogP contribution in [0.1, 0.15) is 24.5 Å². The zero-order valence-corrected chi connectivity index (χ0v) is 14.0. The third kappa shape index (κ3) is 3.45. The van der Waals surface area contributed by atoms with Gasteiger partial charge in [-0.3, -0.25) is 9.59 Å². The van der Waals surface area contributed by atoms with E-state index < -0.39 is 0 Å². The summed E-state index contributed by atoms with van der Waals surface area (Å²) in [6.07, 6.45) is 2.41. The van der Waals surface area contributed by atoms with Crippen LogP contribution in [0.25, 0.3) is 0 Å². The number of allylic oxidation sites excluding steroid dienone is 2. The Hall–Kier alpha value is -2.69. The minimum absolute atomic E-state index is 0.0482. The monoisotopic (exact) mass is 328 g/mol. The van der Waals surface area contributed by atoms with E-state index in [1.165, 1.54) is 14.2 Å². The van der Waals surface area contributed by atoms with Gasteiger partial charge >= 0.3 is 0 Å². The molecule has 2 rings (SSSR count). The molecule has 0 aliphatic heterocycles. The molecular formula is C19H20O5. The Labute approximate surface area is 141 Å². The van der Waals surface area contributed by atoms with Crippen molar-refractivity contribution in [1.29, 1.82) is 0 Å². The molecule has 0 fully saturated rings. The van der Waals surface area contributed by atoms with Crippen molar-refractivity contribution in [1.82, 2.24) is 0 Å². The molecule has 0 unspecified atom stereocenters. The summed E-state index contributed by atoms with van der Waals surface area (Å²) in [6.45, 7) is 1.62. The normalized spacial score (nSPS) is 15.0. The van der Waals surface area contributed by atoms with Crippen molar-refractivity contribution in [2.45, 2.75) is 26.2 Å². The van der Waals surface area contributed by atoms with Crippen LogP contribution in [0.15, 0.2) is 46.9 Å². The van der Waals surface area contributed by atoms with Crippen molar-refractivity contribution in [2.75, 3.05) is 14.2 Å². The maximum Gasteiger partial charge on any atom is 0.228 e. The molecule has 0 atom stereocenters. The zero-order valence-electron chi connectivity index (χ0n) is 14.0. The summed E-state index contributed by atoms with van der Waals surface area (Å²) >= 11 is 0. The van der Waals surface area contributed by atoms with Gasteiger partial charge in [0.05, 0.1) is 14.2 Å². The summed E-state index contributed by atoms with van der Waals surface area (Å²) in [5.41, 5.74) is 2.76. The number of methoxy groups -OCH3 is 2. The Morgan fingerprint density at radius 2 is 1.46 bits per heavy atom. The smallest absolute Gasteiger partial charge is 0.228 e. The van der Waals surface area contributed by atoms with E-state index in [0.717, 1.165) is 17.4 Å². The molecule has 0 N–H and O–H groups in total. The highest BCUT2D eigenvalue weighted by atomic mass is 16.5. The van der Waals surface area contributed by atoms with Crippen molar-refractivity contribution in [3.05, 3.63) is 58.1 Å². The fourth-order valence-corrected chi connectivity index (χ4v) is 2.66. The number of rotatable bonds is 7. The van der Waals surface area contributed by atoms with Crippen molar-refractivity contribution in [3.63, 3.8) is 0 Å². The molecular weight excluding hydrogens is 308 g/mol. The number of aryl methyl sites for hydroxylation is 1. The maximum atomic E-state index is 12.6. The van der Waals surface area contributed by atoms with Crippen LogP contribution in [0.2, 0.25) is 0 Å². The van der Waals surface area contributed by atoms with Gasteiger partial charge in [-0.25, -0.2) is 0 Å². The third-order valence-electron chi connectivity index (χ3n) is 4.05. The molecule has 1 aromatic carbocycles. The van der Waals surface area contributed by atoms with Crippen LogP contribution in [0, 0.1) is 0 Å². The van der Waals surface area contributed by atoms with Gasteiger partial charge in [0.15, 0.2) is 0 Å². The molecule has 0 heterocycles. The van der Waals surface area contributed by atoms with E-state index in [9.17, 15) is 14.4 Å². The van der Waals surface area contributed by atoms with Crippen LogP contribution in [0.3, 0.4) is 0 Å². The fourth-order valence-electron chi connectivity index (χ4n) is 2.66. The second-order valence-electron chi connectivity index (χ2n) is 5.53. The Morgan fingerprint density at radius 1 is 0.917 bits per heavy atom. The average molecular weight is 328 g/mol. The lowest BCUT2D eigenvalue weighted by Gasteiger charge is -2.20. The summed E-state index contributed by atoms with van der Waals surface area (Å²) in [6, 6.07) is 7.66. The molecule has 1 aliphatic carbocycles. The first-order valence-corrected chi connectivity index (χ1v) is 7.66. The molecule has 5 nitrogen and oxygen atoms in total. The van der Waals surface area contributed by atoms with Gasteiger partial charge in [-0.05, 0) is 24.5 Å². The van der Waals surface area contributed by atoms with Gasteiger partial charge in [0, 0.05) is 24.0 Å². The number of ketones is 2. The first-order chi connectivity index (χ1) is 11.5. The molecule has 0 spiro atoms. The number of carbonyl (C=O) groups excluding carboxylic acids is 3. The minimum Gasteiger partial charge on any atom is -0.489 e. The van der Waals surface area contributed by atoms with E-state index in [2.05, 4.69) is 0 Å². The van der Waals surface area contributed by atoms with Crippen LogP contribution in [0.5, 0.6) is 0 Å². The van der Waals surface area contributed by atoms with Crippen LogP contribution in [0.4, 0.5) is 0 Å². The molecule has 24 heavy (non-hydrogen) atoms. The van der Waals surface area contributed by atoms with Gasteiger partial charge in [-0.2, -0.15) is 0 Å². The number of benzene rings is 1. The minimum atomic E-state index is -0.327. The third-order valence-corrected chi connectivity index (χ3v) is 4.05. The maximum absolute atomic E-state index is 12.6. The number of aldehydes is 1. The summed E-state index contributed by atoms with van der Waals surface area (Å²) in [4.78, 5) is 35.3. The van der Waals surface area contributed by atoms with E-state index in [1.54, 1.807) is 6.92 Å². The van der Waals surface area contributed by atoms with Gasteiger partial charge in [0.1, 0.15) is 6.29 Å². The molecule has 0 saturated heterocycles. The van der Waals surface area contributed by atoms with Crippen molar-refractivity contribution < 1.29 is 23.9 Å². The summed E-state index contributed by atoms with van der Waals surface area (Å²) in [7, 11) is 2.69. The van der Waals surface area contributed by atoms with E-state index in [-0.39, 0.29) is 23.1 Å². The highest BCUT2D eigenvalue weighted by Gasteiger charge is 2.34. The molecule has 0 amide bonds. The van der Waals surface area contributed by atoms with Crippen LogP contribution in [-0.4, -0.2) is 32.1 Å². The van der Waals surface area contributed by atoms with Gasteiger partial charge in [-0.1, -0.05) is 24.3 Å². The quantitative estimate of drug-likeness (QED) is 0.567. The van der Waals surface area contributed by atoms with Crippen LogP contribution < -0.4 is 0 Å². The highest BCUT2D eigenvalue weighted by Crippen LogP contribution is 2.28. The molecule has 0 aromatic heterocycles. The van der Waals surface area contributed by atoms with Gasteiger partial charge in [0.25, 0.3) is 0 Å². The Kier molecular flexibility index (Phi) is 5.68. The molecule has 1 aliphatic rings. The number of Topliss-reactive ketones (excluding diaryl/α,β-unsaturated/α-hetero) is 2. The zero-order chi connectivity index (χ0) is 17.7. The van der Waals surface area contributed by atoms with Crippen molar-refractivity contribution in [2.24, 2.45) is 0 Å². The predicted octanol–water partition coefficient (Wildman–Crippen LogP) is 2.33. The molecule has 5 heteroatoms. The van der Waals surface area contributed by atoms with E-state index in [0.29, 0.717) is 30.4 Å². The Balaban J connectivity index is 2.25. The Bertz CT molecular complexity index is 723. The lowest BCUT2D eigenvalue weighted by atomic mass is 9.88. The number of hydrogen-bond acceptors (Lipinski definition) is 5. The molecule has 0 radical (unpaired) electrons. The standard InChI is InChI=1S/C19H20O5/c1-12-15(17(22)19(24-3)18(23-2)16(12)21)11-14-8-6-13(7-9-14)5-4-10-20/h6-10H,4-5,11H2,1-3H3. The number of hydrogen-bond donors (Lipinski definition) is 0. The van der Waals surface area contributed by atoms with Crippen LogP contribution in [-0.2, 0) is 36.7 Å². The van der Waals surface area contributed by atoms with Gasteiger partial charge < -0.3 is 14.3 Å². The molecule has 0 saturated carbocycles. The van der Waals surface area contributed by atoms with E-state index in [1.807, 2.05) is 24.3 Å². The first kappa shape index (κ1) is 17.7. The van der Waals surface area contributed by atoms with Gasteiger partial charge in [-0.15, -0.1) is 0 Å². The van der Waals surface area contributed by atoms with E-state index in [4.69, 9.17) is 9.47 Å². The lowest BCUT2D eigenvalue weighted by molar-refractivity contribution is -0.121.